The van der Waals surface area contributed by atoms with Gasteiger partial charge in [-0.25, -0.2) is 4.57 Å². The number of nitrogens with zero attached hydrogens (tertiary/aromatic N) is 1. The van der Waals surface area contributed by atoms with Crippen LogP contribution in [0.2, 0.25) is 0 Å². The maximum absolute atomic E-state index is 2.50. The summed E-state index contributed by atoms with van der Waals surface area (Å²) in [5, 5.41) is 0. The second kappa shape index (κ2) is 5.81. The Balaban J connectivity index is 1.76. The fourth-order valence-electron chi connectivity index (χ4n) is 6.14. The molecule has 0 radical (unpaired) electrons. The molecule has 0 unspecified atom stereocenters. The van der Waals surface area contributed by atoms with Gasteiger partial charge in [0.05, 0.1) is 5.56 Å². The lowest BCUT2D eigenvalue weighted by atomic mass is 9.82. The summed E-state index contributed by atoms with van der Waals surface area (Å²) < 4.78 is 2.37. The molecule has 1 heterocycles. The van der Waals surface area contributed by atoms with Crippen molar-refractivity contribution in [2.45, 2.75) is 65.2 Å². The standard InChI is InChI=1S/C28H32N/c1-17-8-10-19-13-22-20(21(19)12-17)11-9-18(2)26(22)25-14-23-24(15-29(25)7)28(5,6)16-27(23,3)4/h8-12,14-15H,13,16H2,1-7H3/q+1. The lowest BCUT2D eigenvalue weighted by molar-refractivity contribution is -0.661. The molecule has 0 atom stereocenters. The highest BCUT2D eigenvalue weighted by molar-refractivity contribution is 5.85. The monoisotopic (exact) mass is 382 g/mol. The SMILES string of the molecule is Cc1ccc2c(c1)-c1ccc(C)c(-c3cc4c(c[n+]3C)C(C)(C)CC4(C)C)c1C2. The first-order valence-corrected chi connectivity index (χ1v) is 10.9. The van der Waals surface area contributed by atoms with E-state index in [1.807, 2.05) is 0 Å². The van der Waals surface area contributed by atoms with Crippen LogP contribution in [0.15, 0.2) is 42.6 Å². The molecule has 0 N–H and O–H groups in total. The second-order valence-electron chi connectivity index (χ2n) is 10.7. The first kappa shape index (κ1) is 18.6. The third kappa shape index (κ3) is 2.63. The summed E-state index contributed by atoms with van der Waals surface area (Å²) in [6, 6.07) is 14.1. The summed E-state index contributed by atoms with van der Waals surface area (Å²) >= 11 is 0. The molecule has 2 aliphatic carbocycles. The maximum atomic E-state index is 2.50. The smallest absolute Gasteiger partial charge is 0.201 e. The van der Waals surface area contributed by atoms with Crippen molar-refractivity contribution in [3.05, 3.63) is 76.0 Å². The molecule has 3 aromatic rings. The molecule has 2 aromatic carbocycles. The Morgan fingerprint density at radius 1 is 0.828 bits per heavy atom. The quantitative estimate of drug-likeness (QED) is 0.339. The third-order valence-corrected chi connectivity index (χ3v) is 7.32. The Kier molecular flexibility index (Phi) is 3.73. The summed E-state index contributed by atoms with van der Waals surface area (Å²) in [5.74, 6) is 0. The molecule has 2 aliphatic rings. The van der Waals surface area contributed by atoms with Crippen LogP contribution in [0.3, 0.4) is 0 Å². The van der Waals surface area contributed by atoms with Gasteiger partial charge in [0, 0.05) is 11.6 Å². The molecule has 0 aliphatic heterocycles. The normalized spacial score (nSPS) is 17.8. The van der Waals surface area contributed by atoms with Crippen LogP contribution in [-0.4, -0.2) is 0 Å². The van der Waals surface area contributed by atoms with E-state index >= 15 is 0 Å². The largest absolute Gasteiger partial charge is 0.213 e. The zero-order chi connectivity index (χ0) is 20.7. The number of hydrogen-bond donors (Lipinski definition) is 0. The van der Waals surface area contributed by atoms with Crippen molar-refractivity contribution in [2.24, 2.45) is 7.05 Å². The van der Waals surface area contributed by atoms with Crippen molar-refractivity contribution in [2.75, 3.05) is 0 Å². The van der Waals surface area contributed by atoms with Gasteiger partial charge >= 0.3 is 0 Å². The number of aryl methyl sites for hydroxylation is 3. The summed E-state index contributed by atoms with van der Waals surface area (Å²) in [5.41, 5.74) is 14.8. The van der Waals surface area contributed by atoms with Crippen LogP contribution in [0.4, 0.5) is 0 Å². The van der Waals surface area contributed by atoms with Crippen LogP contribution in [0.5, 0.6) is 0 Å². The summed E-state index contributed by atoms with van der Waals surface area (Å²) in [6.07, 6.45) is 4.65. The van der Waals surface area contributed by atoms with E-state index < -0.39 is 0 Å². The van der Waals surface area contributed by atoms with Crippen molar-refractivity contribution in [1.82, 2.24) is 0 Å². The molecule has 5 rings (SSSR count). The molecule has 0 bridgehead atoms. The van der Waals surface area contributed by atoms with E-state index in [2.05, 4.69) is 95.8 Å². The van der Waals surface area contributed by atoms with Crippen LogP contribution >= 0.6 is 0 Å². The van der Waals surface area contributed by atoms with E-state index in [0.29, 0.717) is 0 Å². The minimum absolute atomic E-state index is 0.216. The van der Waals surface area contributed by atoms with Crippen molar-refractivity contribution in [3.8, 4) is 22.4 Å². The van der Waals surface area contributed by atoms with Crippen LogP contribution < -0.4 is 4.57 Å². The Hall–Kier alpha value is -2.41. The summed E-state index contributed by atoms with van der Waals surface area (Å²) in [7, 11) is 2.22. The molecule has 1 aromatic heterocycles. The predicted molar refractivity (Wildman–Crippen MR) is 121 cm³/mol. The minimum atomic E-state index is 0.216. The average molecular weight is 383 g/mol. The molecule has 0 amide bonds. The number of fused-ring (bicyclic) bond motifs is 4. The highest BCUT2D eigenvalue weighted by atomic mass is 14.9. The maximum Gasteiger partial charge on any atom is 0.213 e. The third-order valence-electron chi connectivity index (χ3n) is 7.32. The molecule has 0 saturated carbocycles. The topological polar surface area (TPSA) is 3.88 Å². The number of benzene rings is 2. The highest BCUT2D eigenvalue weighted by Crippen LogP contribution is 2.50. The zero-order valence-corrected chi connectivity index (χ0v) is 18.9. The van der Waals surface area contributed by atoms with Crippen LogP contribution in [0, 0.1) is 13.8 Å². The van der Waals surface area contributed by atoms with E-state index in [1.54, 1.807) is 0 Å². The fourth-order valence-corrected chi connectivity index (χ4v) is 6.14. The lowest BCUT2D eigenvalue weighted by Gasteiger charge is -2.22. The van der Waals surface area contributed by atoms with Gasteiger partial charge < -0.3 is 0 Å². The van der Waals surface area contributed by atoms with Gasteiger partial charge in [0.1, 0.15) is 7.05 Å². The molecule has 0 saturated heterocycles. The van der Waals surface area contributed by atoms with Crippen molar-refractivity contribution >= 4 is 0 Å². The van der Waals surface area contributed by atoms with Gasteiger partial charge in [-0.3, -0.25) is 0 Å². The molecule has 1 nitrogen and oxygen atoms in total. The lowest BCUT2D eigenvalue weighted by Crippen LogP contribution is -2.33. The van der Waals surface area contributed by atoms with Crippen LogP contribution in [0.1, 0.15) is 67.5 Å². The Bertz CT molecular complexity index is 1180. The molecule has 1 heteroatoms. The molecule has 0 fully saturated rings. The Labute approximate surface area is 175 Å². The minimum Gasteiger partial charge on any atom is -0.201 e. The van der Waals surface area contributed by atoms with Gasteiger partial charge in [0.25, 0.3) is 0 Å². The van der Waals surface area contributed by atoms with E-state index in [1.165, 1.54) is 62.2 Å². The van der Waals surface area contributed by atoms with E-state index in [0.717, 1.165) is 6.42 Å². The van der Waals surface area contributed by atoms with Crippen molar-refractivity contribution < 1.29 is 4.57 Å². The molecule has 0 spiro atoms. The van der Waals surface area contributed by atoms with Crippen LogP contribution in [0.25, 0.3) is 22.4 Å². The number of rotatable bonds is 1. The summed E-state index contributed by atoms with van der Waals surface area (Å²) in [6.45, 7) is 14.1. The number of aromatic nitrogens is 1. The van der Waals surface area contributed by atoms with Gasteiger partial charge in [-0.1, -0.05) is 63.6 Å². The summed E-state index contributed by atoms with van der Waals surface area (Å²) in [4.78, 5) is 0. The number of pyridine rings is 1. The highest BCUT2D eigenvalue weighted by Gasteiger charge is 2.44. The first-order valence-electron chi connectivity index (χ1n) is 10.9. The van der Waals surface area contributed by atoms with Crippen molar-refractivity contribution in [3.63, 3.8) is 0 Å². The fraction of sp³-hybridized carbons (Fsp3) is 0.393. The van der Waals surface area contributed by atoms with Gasteiger partial charge in [-0.2, -0.15) is 0 Å². The van der Waals surface area contributed by atoms with Crippen LogP contribution in [-0.2, 0) is 24.3 Å². The van der Waals surface area contributed by atoms with Crippen molar-refractivity contribution in [1.29, 1.82) is 0 Å². The molecule has 148 valence electrons. The van der Waals surface area contributed by atoms with Gasteiger partial charge in [-0.15, -0.1) is 0 Å². The zero-order valence-electron chi connectivity index (χ0n) is 18.9. The molecule has 29 heavy (non-hydrogen) atoms. The second-order valence-corrected chi connectivity index (χ2v) is 10.7. The average Bonchev–Trinajstić information content (AvgIpc) is 3.06. The van der Waals surface area contributed by atoms with E-state index in [9.17, 15) is 0 Å². The van der Waals surface area contributed by atoms with E-state index in [-0.39, 0.29) is 10.8 Å². The van der Waals surface area contributed by atoms with Gasteiger partial charge in [0.2, 0.25) is 5.69 Å². The van der Waals surface area contributed by atoms with Gasteiger partial charge in [0.15, 0.2) is 6.20 Å². The Morgan fingerprint density at radius 3 is 2.31 bits per heavy atom. The molecular weight excluding hydrogens is 350 g/mol. The first-order chi connectivity index (χ1) is 13.6. The van der Waals surface area contributed by atoms with Gasteiger partial charge in [-0.05, 0) is 70.9 Å². The predicted octanol–water partition coefficient (Wildman–Crippen LogP) is 6.33. The Morgan fingerprint density at radius 2 is 1.55 bits per heavy atom. The molecular formula is C28H32N+. The number of hydrogen-bond acceptors (Lipinski definition) is 0. The van der Waals surface area contributed by atoms with E-state index in [4.69, 9.17) is 0 Å².